The molecule has 5 heteroatoms. The van der Waals surface area contributed by atoms with Gasteiger partial charge < -0.3 is 21.3 Å². The maximum absolute atomic E-state index is 11.4. The molecule has 5 N–H and O–H groups in total. The zero-order valence-corrected chi connectivity index (χ0v) is 10.1. The third kappa shape index (κ3) is 2.47. The van der Waals surface area contributed by atoms with Crippen LogP contribution in [0.2, 0.25) is 0 Å². The number of nitrogens with two attached hydrogens (primary N) is 2. The molecule has 0 heterocycles. The van der Waals surface area contributed by atoms with E-state index in [1.54, 1.807) is 18.2 Å². The number of benzene rings is 1. The van der Waals surface area contributed by atoms with Crippen molar-refractivity contribution in [2.24, 2.45) is 17.4 Å². The van der Waals surface area contributed by atoms with Gasteiger partial charge in [0.2, 0.25) is 5.91 Å². The van der Waals surface area contributed by atoms with Gasteiger partial charge in [-0.05, 0) is 24.8 Å². The molecule has 0 saturated heterocycles. The van der Waals surface area contributed by atoms with Crippen molar-refractivity contribution in [1.29, 1.82) is 0 Å². The SMILES string of the molecule is NC(=O)C(N)(COc1ccccc1CO)C1CC1. The smallest absolute Gasteiger partial charge is 0.241 e. The van der Waals surface area contributed by atoms with E-state index in [0.717, 1.165) is 12.8 Å². The largest absolute Gasteiger partial charge is 0.491 e. The fraction of sp³-hybridized carbons (Fsp3) is 0.462. The van der Waals surface area contributed by atoms with E-state index in [-0.39, 0.29) is 19.1 Å². The number of rotatable bonds is 6. The molecule has 1 fully saturated rings. The Kier molecular flexibility index (Phi) is 3.54. The molecule has 1 saturated carbocycles. The number of carbonyl (C=O) groups excluding carboxylic acids is 1. The third-order valence-corrected chi connectivity index (χ3v) is 3.37. The summed E-state index contributed by atoms with van der Waals surface area (Å²) in [4.78, 5) is 11.4. The number of amides is 1. The molecular formula is C13H18N2O3. The van der Waals surface area contributed by atoms with Crippen LogP contribution in [-0.4, -0.2) is 23.2 Å². The first-order valence-corrected chi connectivity index (χ1v) is 5.98. The van der Waals surface area contributed by atoms with Crippen LogP contribution in [0.5, 0.6) is 5.75 Å². The fourth-order valence-electron chi connectivity index (χ4n) is 1.96. The van der Waals surface area contributed by atoms with Crippen molar-refractivity contribution < 1.29 is 14.6 Å². The lowest BCUT2D eigenvalue weighted by molar-refractivity contribution is -0.125. The lowest BCUT2D eigenvalue weighted by Gasteiger charge is -2.26. The zero-order valence-electron chi connectivity index (χ0n) is 10.1. The highest BCUT2D eigenvalue weighted by atomic mass is 16.5. The lowest BCUT2D eigenvalue weighted by Crippen LogP contribution is -2.58. The normalized spacial score (nSPS) is 18.1. The second-order valence-electron chi connectivity index (χ2n) is 4.73. The Balaban J connectivity index is 2.08. The highest BCUT2D eigenvalue weighted by molar-refractivity contribution is 5.85. The monoisotopic (exact) mass is 250 g/mol. The molecule has 1 atom stereocenters. The van der Waals surface area contributed by atoms with Crippen molar-refractivity contribution in [1.82, 2.24) is 0 Å². The van der Waals surface area contributed by atoms with Gasteiger partial charge in [-0.3, -0.25) is 4.79 Å². The maximum Gasteiger partial charge on any atom is 0.241 e. The van der Waals surface area contributed by atoms with E-state index in [9.17, 15) is 9.90 Å². The summed E-state index contributed by atoms with van der Waals surface area (Å²) in [6.45, 7) is -0.0717. The van der Waals surface area contributed by atoms with E-state index in [0.29, 0.717) is 11.3 Å². The van der Waals surface area contributed by atoms with Crippen molar-refractivity contribution in [3.8, 4) is 5.75 Å². The molecule has 0 bridgehead atoms. The van der Waals surface area contributed by atoms with Crippen molar-refractivity contribution in [3.63, 3.8) is 0 Å². The number of para-hydroxylation sites is 1. The Morgan fingerprint density at radius 2 is 2.11 bits per heavy atom. The third-order valence-electron chi connectivity index (χ3n) is 3.37. The summed E-state index contributed by atoms with van der Waals surface area (Å²) in [6.07, 6.45) is 1.81. The van der Waals surface area contributed by atoms with Gasteiger partial charge in [-0.2, -0.15) is 0 Å². The minimum Gasteiger partial charge on any atom is -0.491 e. The summed E-state index contributed by atoms with van der Waals surface area (Å²) >= 11 is 0. The van der Waals surface area contributed by atoms with Gasteiger partial charge in [0.25, 0.3) is 0 Å². The number of hydrogen-bond acceptors (Lipinski definition) is 4. The number of primary amides is 1. The minimum absolute atomic E-state index is 0.0456. The molecule has 0 spiro atoms. The highest BCUT2D eigenvalue weighted by Gasteiger charge is 2.47. The molecule has 1 unspecified atom stereocenters. The van der Waals surface area contributed by atoms with Crippen molar-refractivity contribution in [3.05, 3.63) is 29.8 Å². The average Bonchev–Trinajstić information content (AvgIpc) is 3.20. The van der Waals surface area contributed by atoms with Crippen LogP contribution in [0.4, 0.5) is 0 Å². The molecule has 5 nitrogen and oxygen atoms in total. The van der Waals surface area contributed by atoms with E-state index in [1.165, 1.54) is 0 Å². The number of aliphatic hydroxyl groups is 1. The first-order valence-electron chi connectivity index (χ1n) is 5.98. The predicted octanol–water partition coefficient (Wildman–Crippen LogP) is 0.151. The van der Waals surface area contributed by atoms with Crippen LogP contribution in [0, 0.1) is 5.92 Å². The van der Waals surface area contributed by atoms with Gasteiger partial charge in [0.05, 0.1) is 6.61 Å². The molecule has 0 aliphatic heterocycles. The Hall–Kier alpha value is -1.59. The molecule has 1 aromatic carbocycles. The summed E-state index contributed by atoms with van der Waals surface area (Å²) in [7, 11) is 0. The van der Waals surface area contributed by atoms with E-state index < -0.39 is 11.4 Å². The first kappa shape index (κ1) is 12.9. The molecule has 1 amide bonds. The Bertz CT molecular complexity index is 446. The van der Waals surface area contributed by atoms with Crippen molar-refractivity contribution in [2.75, 3.05) is 6.61 Å². The van der Waals surface area contributed by atoms with Crippen LogP contribution in [0.1, 0.15) is 18.4 Å². The molecular weight excluding hydrogens is 232 g/mol. The first-order chi connectivity index (χ1) is 8.58. The van der Waals surface area contributed by atoms with Crippen LogP contribution < -0.4 is 16.2 Å². The van der Waals surface area contributed by atoms with E-state index in [1.807, 2.05) is 6.07 Å². The Labute approximate surface area is 106 Å². The second-order valence-corrected chi connectivity index (χ2v) is 4.73. The highest BCUT2D eigenvalue weighted by Crippen LogP contribution is 2.38. The lowest BCUT2D eigenvalue weighted by atomic mass is 9.95. The Morgan fingerprint density at radius 1 is 1.44 bits per heavy atom. The molecule has 1 aliphatic carbocycles. The minimum atomic E-state index is -1.11. The summed E-state index contributed by atoms with van der Waals surface area (Å²) < 4.78 is 5.57. The summed E-state index contributed by atoms with van der Waals surface area (Å²) in [5, 5.41) is 9.18. The molecule has 0 radical (unpaired) electrons. The quantitative estimate of drug-likeness (QED) is 0.669. The van der Waals surface area contributed by atoms with E-state index in [4.69, 9.17) is 16.2 Å². The molecule has 1 aromatic rings. The zero-order chi connectivity index (χ0) is 13.2. The van der Waals surface area contributed by atoms with Gasteiger partial charge in [-0.25, -0.2) is 0 Å². The molecule has 2 rings (SSSR count). The van der Waals surface area contributed by atoms with Crippen LogP contribution in [0.15, 0.2) is 24.3 Å². The maximum atomic E-state index is 11.4. The van der Waals surface area contributed by atoms with Crippen LogP contribution in [0.25, 0.3) is 0 Å². The molecule has 18 heavy (non-hydrogen) atoms. The van der Waals surface area contributed by atoms with Gasteiger partial charge >= 0.3 is 0 Å². The fourth-order valence-corrected chi connectivity index (χ4v) is 1.96. The summed E-state index contributed by atoms with van der Waals surface area (Å²) in [6, 6.07) is 7.10. The van der Waals surface area contributed by atoms with Crippen molar-refractivity contribution in [2.45, 2.75) is 25.0 Å². The standard InChI is InChI=1S/C13H18N2O3/c14-12(17)13(15,10-5-6-10)8-18-11-4-2-1-3-9(11)7-16/h1-4,10,16H,5-8,15H2,(H2,14,17). The topological polar surface area (TPSA) is 98.6 Å². The van der Waals surface area contributed by atoms with E-state index >= 15 is 0 Å². The van der Waals surface area contributed by atoms with Crippen LogP contribution in [0.3, 0.4) is 0 Å². The summed E-state index contributed by atoms with van der Waals surface area (Å²) in [5.41, 5.74) is 10.9. The number of carbonyl (C=O) groups is 1. The number of hydrogen-bond donors (Lipinski definition) is 3. The van der Waals surface area contributed by atoms with Gasteiger partial charge in [0.15, 0.2) is 0 Å². The predicted molar refractivity (Wildman–Crippen MR) is 66.7 cm³/mol. The molecule has 98 valence electrons. The van der Waals surface area contributed by atoms with E-state index in [2.05, 4.69) is 0 Å². The second kappa shape index (κ2) is 4.96. The van der Waals surface area contributed by atoms with Crippen LogP contribution in [-0.2, 0) is 11.4 Å². The molecule has 0 aromatic heterocycles. The van der Waals surface area contributed by atoms with Crippen LogP contribution >= 0.6 is 0 Å². The number of aliphatic hydroxyl groups excluding tert-OH is 1. The summed E-state index contributed by atoms with van der Waals surface area (Å²) in [5.74, 6) is 0.111. The van der Waals surface area contributed by atoms with Crippen molar-refractivity contribution >= 4 is 5.91 Å². The Morgan fingerprint density at radius 3 is 2.67 bits per heavy atom. The molecule has 1 aliphatic rings. The van der Waals surface area contributed by atoms with Gasteiger partial charge in [0, 0.05) is 5.56 Å². The van der Waals surface area contributed by atoms with Gasteiger partial charge in [-0.1, -0.05) is 18.2 Å². The number of ether oxygens (including phenoxy) is 1. The average molecular weight is 250 g/mol. The van der Waals surface area contributed by atoms with Gasteiger partial charge in [-0.15, -0.1) is 0 Å². The van der Waals surface area contributed by atoms with Gasteiger partial charge in [0.1, 0.15) is 17.9 Å².